The third-order valence-corrected chi connectivity index (χ3v) is 6.02. The number of phenolic OH excluding ortho intramolecular Hbond substituents is 1. The van der Waals surface area contributed by atoms with Crippen LogP contribution in [0, 0.1) is 11.8 Å². The Hall–Kier alpha value is -5.10. The fourth-order valence-electron chi connectivity index (χ4n) is 3.95. The summed E-state index contributed by atoms with van der Waals surface area (Å²) in [5, 5.41) is 21.6. The number of amides is 3. The van der Waals surface area contributed by atoms with Crippen molar-refractivity contribution in [2.24, 2.45) is 0 Å². The normalized spacial score (nSPS) is 12.8. The minimum Gasteiger partial charge on any atom is -0.507 e. The van der Waals surface area contributed by atoms with Crippen LogP contribution in [0.2, 0.25) is 0 Å². The van der Waals surface area contributed by atoms with Gasteiger partial charge in [0.1, 0.15) is 12.3 Å². The molecule has 4 rings (SSSR count). The first-order chi connectivity index (χ1) is 18.2. The van der Waals surface area contributed by atoms with Gasteiger partial charge >= 0.3 is 5.97 Å². The molecule has 0 bridgehead atoms. The molecule has 0 fully saturated rings. The lowest BCUT2D eigenvalue weighted by Gasteiger charge is -2.19. The number of likely N-dealkylation sites (N-methyl/N-ethyl adjacent to an activating group) is 1. The lowest BCUT2D eigenvalue weighted by molar-refractivity contribution is -0.137. The Morgan fingerprint density at radius 2 is 1.74 bits per heavy atom. The van der Waals surface area contributed by atoms with Crippen LogP contribution in [-0.4, -0.2) is 58.9 Å². The van der Waals surface area contributed by atoms with Crippen molar-refractivity contribution in [3.63, 3.8) is 0 Å². The van der Waals surface area contributed by atoms with Gasteiger partial charge < -0.3 is 25.3 Å². The predicted octanol–water partition coefficient (Wildman–Crippen LogP) is 2.87. The monoisotopic (exact) mass is 511 g/mol. The van der Waals surface area contributed by atoms with Crippen LogP contribution in [-0.2, 0) is 20.8 Å². The largest absolute Gasteiger partial charge is 0.507 e. The van der Waals surface area contributed by atoms with E-state index in [-0.39, 0.29) is 49.1 Å². The first kappa shape index (κ1) is 26.0. The number of nitrogens with zero attached hydrogens (tertiary/aromatic N) is 2. The van der Waals surface area contributed by atoms with Crippen molar-refractivity contribution in [2.75, 3.05) is 30.4 Å². The molecule has 1 aliphatic rings. The van der Waals surface area contributed by atoms with E-state index in [0.29, 0.717) is 16.9 Å². The van der Waals surface area contributed by atoms with Crippen LogP contribution in [0.3, 0.4) is 0 Å². The zero-order valence-corrected chi connectivity index (χ0v) is 20.6. The van der Waals surface area contributed by atoms with Crippen LogP contribution in [0.25, 0.3) is 0 Å². The van der Waals surface area contributed by atoms with Gasteiger partial charge in [0, 0.05) is 24.8 Å². The van der Waals surface area contributed by atoms with Gasteiger partial charge in [0.15, 0.2) is 0 Å². The number of carboxylic acid groups (broad SMARTS) is 1. The highest BCUT2D eigenvalue weighted by Crippen LogP contribution is 2.28. The van der Waals surface area contributed by atoms with E-state index in [1.54, 1.807) is 67.7 Å². The zero-order chi connectivity index (χ0) is 27.2. The smallest absolute Gasteiger partial charge is 0.305 e. The molecule has 192 valence electrons. The van der Waals surface area contributed by atoms with Crippen molar-refractivity contribution in [1.82, 2.24) is 4.90 Å². The zero-order valence-electron chi connectivity index (χ0n) is 20.6. The van der Waals surface area contributed by atoms with Crippen molar-refractivity contribution in [2.45, 2.75) is 12.8 Å². The molecule has 1 heterocycles. The van der Waals surface area contributed by atoms with Gasteiger partial charge in [-0.2, -0.15) is 0 Å². The number of para-hydroxylation sites is 1. The number of phenols is 1. The van der Waals surface area contributed by atoms with Crippen molar-refractivity contribution in [3.05, 3.63) is 89.0 Å². The predicted molar refractivity (Wildman–Crippen MR) is 141 cm³/mol. The van der Waals surface area contributed by atoms with E-state index in [2.05, 4.69) is 17.2 Å². The maximum Gasteiger partial charge on any atom is 0.305 e. The van der Waals surface area contributed by atoms with Crippen molar-refractivity contribution >= 4 is 35.1 Å². The number of carbonyl (C=O) groups is 4. The van der Waals surface area contributed by atoms with Crippen LogP contribution in [0.15, 0.2) is 66.7 Å². The molecule has 38 heavy (non-hydrogen) atoms. The van der Waals surface area contributed by atoms with Gasteiger partial charge in [0.2, 0.25) is 11.8 Å². The molecule has 3 N–H and O–H groups in total. The molecule has 3 amide bonds. The number of aromatic hydroxyl groups is 1. The van der Waals surface area contributed by atoms with E-state index in [4.69, 9.17) is 5.11 Å². The highest BCUT2D eigenvalue weighted by Gasteiger charge is 2.30. The van der Waals surface area contributed by atoms with Gasteiger partial charge in [-0.25, -0.2) is 0 Å². The van der Waals surface area contributed by atoms with Gasteiger partial charge in [-0.3, -0.25) is 19.2 Å². The highest BCUT2D eigenvalue weighted by molar-refractivity contribution is 6.10. The van der Waals surface area contributed by atoms with Gasteiger partial charge in [-0.15, -0.1) is 0 Å². The molecular formula is C29H25N3O6. The Morgan fingerprint density at radius 1 is 1.00 bits per heavy atom. The molecule has 1 aliphatic heterocycles. The van der Waals surface area contributed by atoms with E-state index in [0.717, 1.165) is 11.1 Å². The summed E-state index contributed by atoms with van der Waals surface area (Å²) in [4.78, 5) is 51.8. The fraction of sp³-hybridized carbons (Fsp3) is 0.172. The number of carboxylic acids is 1. The molecule has 0 spiro atoms. The summed E-state index contributed by atoms with van der Waals surface area (Å²) in [6.45, 7) is -0.331. The number of benzene rings is 3. The standard InChI is InChI=1S/C29H25N3O6/c1-31-24-13-12-22(17-23(24)29(38)32(18-27(31)35)15-14-28(36)37)30-26(34)16-20-8-6-19(7-9-20)10-11-21-4-2-3-5-25(21)33/h2-9,12-13,17,33H,14-16,18H2,1H3,(H,30,34)(H,36,37). The van der Waals surface area contributed by atoms with Crippen LogP contribution in [0.1, 0.15) is 33.5 Å². The lowest BCUT2D eigenvalue weighted by atomic mass is 10.1. The second-order valence-corrected chi connectivity index (χ2v) is 8.74. The number of nitrogens with one attached hydrogen (secondary N) is 1. The summed E-state index contributed by atoms with van der Waals surface area (Å²) in [7, 11) is 1.55. The lowest BCUT2D eigenvalue weighted by Crippen LogP contribution is -2.38. The number of hydrogen-bond acceptors (Lipinski definition) is 5. The summed E-state index contributed by atoms with van der Waals surface area (Å²) in [6.07, 6.45) is -0.199. The quantitative estimate of drug-likeness (QED) is 0.437. The molecule has 0 radical (unpaired) electrons. The van der Waals surface area contributed by atoms with Crippen molar-refractivity contribution < 1.29 is 29.4 Å². The maximum absolute atomic E-state index is 13.1. The Morgan fingerprint density at radius 3 is 2.45 bits per heavy atom. The van der Waals surface area contributed by atoms with Gasteiger partial charge in [0.25, 0.3) is 5.91 Å². The summed E-state index contributed by atoms with van der Waals surface area (Å²) in [5.41, 5.74) is 2.98. The molecule has 3 aromatic carbocycles. The Balaban J connectivity index is 1.44. The topological polar surface area (TPSA) is 127 Å². The SMILES string of the molecule is CN1C(=O)CN(CCC(=O)O)C(=O)c2cc(NC(=O)Cc3ccc(C#Cc4ccccc4O)cc3)ccc21. The molecule has 9 heteroatoms. The van der Waals surface area contributed by atoms with Crippen LogP contribution in [0.4, 0.5) is 11.4 Å². The van der Waals surface area contributed by atoms with Crippen molar-refractivity contribution in [3.8, 4) is 17.6 Å². The first-order valence-corrected chi connectivity index (χ1v) is 11.8. The fourth-order valence-corrected chi connectivity index (χ4v) is 3.95. The summed E-state index contributed by atoms with van der Waals surface area (Å²) in [6, 6.07) is 18.6. The second kappa shape index (κ2) is 11.3. The number of hydrogen-bond donors (Lipinski definition) is 3. The molecule has 0 aromatic heterocycles. The Bertz CT molecular complexity index is 1470. The first-order valence-electron chi connectivity index (χ1n) is 11.8. The number of carbonyl (C=O) groups excluding carboxylic acids is 3. The molecule has 3 aromatic rings. The number of rotatable bonds is 6. The second-order valence-electron chi connectivity index (χ2n) is 8.74. The van der Waals surface area contributed by atoms with E-state index in [9.17, 15) is 24.3 Å². The molecule has 0 unspecified atom stereocenters. The Labute approximate surface area is 219 Å². The molecule has 0 saturated carbocycles. The van der Waals surface area contributed by atoms with Crippen molar-refractivity contribution in [1.29, 1.82) is 0 Å². The summed E-state index contributed by atoms with van der Waals surface area (Å²) >= 11 is 0. The third-order valence-electron chi connectivity index (χ3n) is 6.02. The number of anilines is 2. The minimum atomic E-state index is -1.07. The van der Waals surface area contributed by atoms with E-state index >= 15 is 0 Å². The molecule has 9 nitrogen and oxygen atoms in total. The van der Waals surface area contributed by atoms with E-state index < -0.39 is 11.9 Å². The average Bonchev–Trinajstić information content (AvgIpc) is 2.98. The average molecular weight is 512 g/mol. The van der Waals surface area contributed by atoms with E-state index in [1.165, 1.54) is 15.9 Å². The third kappa shape index (κ3) is 6.17. The highest BCUT2D eigenvalue weighted by atomic mass is 16.4. The van der Waals surface area contributed by atoms with Gasteiger partial charge in [-0.05, 0) is 48.0 Å². The van der Waals surface area contributed by atoms with Crippen LogP contribution < -0.4 is 10.2 Å². The molecular weight excluding hydrogens is 486 g/mol. The maximum atomic E-state index is 13.1. The number of aliphatic carboxylic acids is 1. The minimum absolute atomic E-state index is 0.0847. The van der Waals surface area contributed by atoms with Gasteiger partial charge in [-0.1, -0.05) is 36.1 Å². The van der Waals surface area contributed by atoms with E-state index in [1.807, 2.05) is 0 Å². The number of fused-ring (bicyclic) bond motifs is 1. The van der Waals surface area contributed by atoms with Crippen LogP contribution in [0.5, 0.6) is 5.75 Å². The Kier molecular flexibility index (Phi) is 7.73. The molecule has 0 atom stereocenters. The van der Waals surface area contributed by atoms with Crippen LogP contribution >= 0.6 is 0 Å². The summed E-state index contributed by atoms with van der Waals surface area (Å²) in [5.74, 6) is 3.82. The summed E-state index contributed by atoms with van der Waals surface area (Å²) < 4.78 is 0. The molecule has 0 saturated heterocycles. The molecule has 0 aliphatic carbocycles. The van der Waals surface area contributed by atoms with Gasteiger partial charge in [0.05, 0.1) is 29.7 Å².